The first-order valence-electron chi connectivity index (χ1n) is 2.42. The predicted octanol–water partition coefficient (Wildman–Crippen LogP) is -1.91. The molecule has 0 aliphatic heterocycles. The van der Waals surface area contributed by atoms with Gasteiger partial charge in [0.1, 0.15) is 9.63 Å². The Balaban J connectivity index is 0.000001000. The molecule has 1 unspecified atom stereocenters. The van der Waals surface area contributed by atoms with Crippen LogP contribution in [-0.2, 0) is 11.1 Å². The van der Waals surface area contributed by atoms with Crippen LogP contribution in [0.15, 0.2) is 27.8 Å². The summed E-state index contributed by atoms with van der Waals surface area (Å²) in [6, 6.07) is 4.70. The molecule has 1 aromatic heterocycles. The van der Waals surface area contributed by atoms with E-state index in [4.69, 9.17) is 0 Å². The van der Waals surface area contributed by atoms with Crippen molar-refractivity contribution in [1.29, 1.82) is 0 Å². The molecular formula is C5H3BrLiNO2S. The molecule has 0 N–H and O–H groups in total. The Morgan fingerprint density at radius 1 is 1.55 bits per heavy atom. The normalized spacial score (nSPS) is 11.8. The van der Waals surface area contributed by atoms with Gasteiger partial charge in [-0.25, -0.2) is 4.98 Å². The molecule has 0 fully saturated rings. The third kappa shape index (κ3) is 3.50. The van der Waals surface area contributed by atoms with Crippen molar-refractivity contribution in [1.82, 2.24) is 4.98 Å². The zero-order valence-corrected chi connectivity index (χ0v) is 8.18. The third-order valence-electron chi connectivity index (χ3n) is 0.860. The summed E-state index contributed by atoms with van der Waals surface area (Å²) >= 11 is 0.816. The molecule has 0 aliphatic carbocycles. The Kier molecular flexibility index (Phi) is 5.22. The van der Waals surface area contributed by atoms with Gasteiger partial charge in [-0.3, -0.25) is 4.21 Å². The largest absolute Gasteiger partial charge is 1.00 e. The standard InChI is InChI=1S/C5H4BrNO2S.Li/c6-4-2-1-3-5(7-4)10(8)9;/h1-3H,(H,8,9);/q;+1/p-1. The molecule has 0 saturated carbocycles. The van der Waals surface area contributed by atoms with Crippen molar-refractivity contribution < 1.29 is 27.6 Å². The van der Waals surface area contributed by atoms with E-state index in [1.807, 2.05) is 0 Å². The average molecular weight is 228 g/mol. The second-order valence-corrected chi connectivity index (χ2v) is 3.23. The zero-order valence-electron chi connectivity index (χ0n) is 5.78. The number of hydrogen-bond acceptors (Lipinski definition) is 3. The first kappa shape index (κ1) is 11.3. The number of nitrogens with zero attached hydrogens (tertiary/aromatic N) is 1. The Morgan fingerprint density at radius 2 is 2.18 bits per heavy atom. The molecule has 0 bridgehead atoms. The van der Waals surface area contributed by atoms with Crippen LogP contribution in [0.25, 0.3) is 0 Å². The molecule has 0 radical (unpaired) electrons. The van der Waals surface area contributed by atoms with Crippen molar-refractivity contribution in [3.63, 3.8) is 0 Å². The minimum Gasteiger partial charge on any atom is -0.767 e. The van der Waals surface area contributed by atoms with Crippen molar-refractivity contribution in [3.8, 4) is 0 Å². The summed E-state index contributed by atoms with van der Waals surface area (Å²) in [5, 5.41) is 0.0503. The molecule has 1 aromatic rings. The van der Waals surface area contributed by atoms with Gasteiger partial charge in [0, 0.05) is 0 Å². The van der Waals surface area contributed by atoms with Gasteiger partial charge in [-0.15, -0.1) is 0 Å². The fourth-order valence-corrected chi connectivity index (χ4v) is 1.31. The van der Waals surface area contributed by atoms with Crippen LogP contribution in [0.5, 0.6) is 0 Å². The Hall–Kier alpha value is 0.337. The minimum absolute atomic E-state index is 0. The number of hydrogen-bond donors (Lipinski definition) is 0. The smallest absolute Gasteiger partial charge is 0.767 e. The van der Waals surface area contributed by atoms with E-state index in [0.717, 1.165) is 0 Å². The number of halogens is 1. The van der Waals surface area contributed by atoms with Crippen molar-refractivity contribution in [3.05, 3.63) is 22.8 Å². The molecule has 0 spiro atoms. The molecule has 0 aliphatic rings. The fourth-order valence-electron chi connectivity index (χ4n) is 0.482. The van der Waals surface area contributed by atoms with E-state index in [2.05, 4.69) is 20.9 Å². The van der Waals surface area contributed by atoms with Crippen LogP contribution >= 0.6 is 15.9 Å². The van der Waals surface area contributed by atoms with E-state index >= 15 is 0 Å². The van der Waals surface area contributed by atoms with Gasteiger partial charge in [0.2, 0.25) is 0 Å². The molecule has 1 heterocycles. The van der Waals surface area contributed by atoms with E-state index in [9.17, 15) is 8.76 Å². The first-order chi connectivity index (χ1) is 4.70. The van der Waals surface area contributed by atoms with Crippen molar-refractivity contribution >= 4 is 27.0 Å². The SMILES string of the molecule is O=S([O-])c1cccc(Br)n1.[Li+]. The molecular weight excluding hydrogens is 225 g/mol. The van der Waals surface area contributed by atoms with Crippen LogP contribution in [0.2, 0.25) is 0 Å². The second-order valence-electron chi connectivity index (χ2n) is 1.53. The molecule has 0 amide bonds. The summed E-state index contributed by atoms with van der Waals surface area (Å²) in [6.07, 6.45) is 0. The molecule has 0 aromatic carbocycles. The topological polar surface area (TPSA) is 53.0 Å². The summed E-state index contributed by atoms with van der Waals surface area (Å²) in [5.74, 6) is 0. The van der Waals surface area contributed by atoms with E-state index in [1.54, 1.807) is 12.1 Å². The maximum Gasteiger partial charge on any atom is 1.00 e. The second kappa shape index (κ2) is 5.07. The Bertz CT molecular complexity index is 270. The molecule has 1 atom stereocenters. The van der Waals surface area contributed by atoms with E-state index < -0.39 is 11.1 Å². The summed E-state index contributed by atoms with van der Waals surface area (Å²) in [6.45, 7) is 0. The van der Waals surface area contributed by atoms with Gasteiger partial charge in [-0.05, 0) is 39.1 Å². The van der Waals surface area contributed by atoms with Gasteiger partial charge in [-0.1, -0.05) is 6.07 Å². The van der Waals surface area contributed by atoms with E-state index in [1.165, 1.54) is 6.07 Å². The average Bonchev–Trinajstić information content (AvgIpc) is 1.88. The molecule has 54 valence electrons. The van der Waals surface area contributed by atoms with Crippen LogP contribution < -0.4 is 18.9 Å². The van der Waals surface area contributed by atoms with Gasteiger partial charge in [0.25, 0.3) is 0 Å². The van der Waals surface area contributed by atoms with Gasteiger partial charge in [0.05, 0.1) is 0 Å². The number of pyridine rings is 1. The van der Waals surface area contributed by atoms with Crippen molar-refractivity contribution in [2.45, 2.75) is 5.03 Å². The van der Waals surface area contributed by atoms with Crippen LogP contribution in [-0.4, -0.2) is 13.7 Å². The van der Waals surface area contributed by atoms with Gasteiger partial charge >= 0.3 is 18.9 Å². The Morgan fingerprint density at radius 3 is 2.55 bits per heavy atom. The summed E-state index contributed by atoms with van der Waals surface area (Å²) in [4.78, 5) is 3.68. The third-order valence-corrected chi connectivity index (χ3v) is 1.87. The number of rotatable bonds is 1. The predicted molar refractivity (Wildman–Crippen MR) is 39.1 cm³/mol. The Labute approximate surface area is 87.2 Å². The van der Waals surface area contributed by atoms with Crippen LogP contribution in [0, 0.1) is 0 Å². The van der Waals surface area contributed by atoms with Crippen LogP contribution in [0.1, 0.15) is 0 Å². The molecule has 11 heavy (non-hydrogen) atoms. The fraction of sp³-hybridized carbons (Fsp3) is 0. The van der Waals surface area contributed by atoms with E-state index in [0.29, 0.717) is 4.60 Å². The monoisotopic (exact) mass is 227 g/mol. The first-order valence-corrected chi connectivity index (χ1v) is 4.29. The summed E-state index contributed by atoms with van der Waals surface area (Å²) in [7, 11) is 0. The summed E-state index contributed by atoms with van der Waals surface area (Å²) in [5.41, 5.74) is 0. The zero-order chi connectivity index (χ0) is 7.56. The number of aromatic nitrogens is 1. The van der Waals surface area contributed by atoms with E-state index in [-0.39, 0.29) is 23.9 Å². The van der Waals surface area contributed by atoms with Crippen LogP contribution in [0.4, 0.5) is 0 Å². The molecule has 1 rings (SSSR count). The minimum atomic E-state index is -2.23. The van der Waals surface area contributed by atoms with Crippen LogP contribution in [0.3, 0.4) is 0 Å². The van der Waals surface area contributed by atoms with Crippen molar-refractivity contribution in [2.75, 3.05) is 0 Å². The summed E-state index contributed by atoms with van der Waals surface area (Å²) < 4.78 is 21.1. The maximum absolute atomic E-state index is 10.3. The van der Waals surface area contributed by atoms with Crippen molar-refractivity contribution in [2.24, 2.45) is 0 Å². The molecule has 0 saturated heterocycles. The molecule has 6 heteroatoms. The van der Waals surface area contributed by atoms with Gasteiger partial charge < -0.3 is 4.55 Å². The maximum atomic E-state index is 10.3. The molecule has 3 nitrogen and oxygen atoms in total. The quantitative estimate of drug-likeness (QED) is 0.320. The van der Waals surface area contributed by atoms with Gasteiger partial charge in [-0.2, -0.15) is 0 Å². The van der Waals surface area contributed by atoms with Gasteiger partial charge in [0.15, 0.2) is 0 Å².